The Morgan fingerprint density at radius 1 is 1.41 bits per heavy atom. The maximum absolute atomic E-state index is 12.3. The van der Waals surface area contributed by atoms with Gasteiger partial charge in [-0.3, -0.25) is 4.79 Å². The highest BCUT2D eigenvalue weighted by Gasteiger charge is 2.22. The molecule has 1 aromatic heterocycles. The largest absolute Gasteiger partial charge is 0.352 e. The zero-order valence-electron chi connectivity index (χ0n) is 12.2. The lowest BCUT2D eigenvalue weighted by atomic mass is 10.0. The number of amides is 3. The third kappa shape index (κ3) is 4.32. The van der Waals surface area contributed by atoms with Crippen LogP contribution in [0.25, 0.3) is 10.2 Å². The van der Waals surface area contributed by atoms with Crippen LogP contribution in [0.4, 0.5) is 9.93 Å². The van der Waals surface area contributed by atoms with Crippen molar-refractivity contribution in [3.05, 3.63) is 23.2 Å². The van der Waals surface area contributed by atoms with Gasteiger partial charge in [0.2, 0.25) is 5.91 Å². The van der Waals surface area contributed by atoms with Crippen LogP contribution in [0.3, 0.4) is 0 Å². The van der Waals surface area contributed by atoms with E-state index in [0.717, 1.165) is 10.2 Å². The minimum Gasteiger partial charge on any atom is -0.352 e. The minimum absolute atomic E-state index is 0.233. The number of nitrogens with zero attached hydrogens (tertiary/aromatic N) is 1. The summed E-state index contributed by atoms with van der Waals surface area (Å²) in [5.41, 5.74) is 5.88. The summed E-state index contributed by atoms with van der Waals surface area (Å²) in [5, 5.41) is 6.25. The smallest absolute Gasteiger partial charge is 0.312 e. The van der Waals surface area contributed by atoms with Gasteiger partial charge in [0.25, 0.3) is 0 Å². The zero-order valence-corrected chi connectivity index (χ0v) is 13.8. The minimum atomic E-state index is -0.725. The van der Waals surface area contributed by atoms with Gasteiger partial charge in [-0.2, -0.15) is 0 Å². The fourth-order valence-corrected chi connectivity index (χ4v) is 3.16. The lowest BCUT2D eigenvalue weighted by molar-refractivity contribution is -0.118. The summed E-state index contributed by atoms with van der Waals surface area (Å²) in [4.78, 5) is 27.6. The molecular formula is C14H17ClN4O2S. The number of rotatable bonds is 5. The molecule has 2 rings (SSSR count). The molecule has 0 aliphatic heterocycles. The van der Waals surface area contributed by atoms with Gasteiger partial charge >= 0.3 is 6.03 Å². The number of aromatic nitrogens is 1. The molecule has 0 spiro atoms. The summed E-state index contributed by atoms with van der Waals surface area (Å²) in [6.07, 6.45) is 0.492. The Kier molecular flexibility index (Phi) is 5.20. The van der Waals surface area contributed by atoms with Crippen LogP contribution in [0.2, 0.25) is 5.02 Å². The predicted octanol–water partition coefficient (Wildman–Crippen LogP) is 2.97. The van der Waals surface area contributed by atoms with Crippen LogP contribution in [0, 0.1) is 5.92 Å². The van der Waals surface area contributed by atoms with E-state index in [9.17, 15) is 9.59 Å². The van der Waals surface area contributed by atoms with Crippen LogP contribution in [0.5, 0.6) is 0 Å². The Hall–Kier alpha value is -1.86. The lowest BCUT2D eigenvalue weighted by Crippen LogP contribution is -2.46. The van der Waals surface area contributed by atoms with Crippen molar-refractivity contribution in [1.82, 2.24) is 10.3 Å². The molecular weight excluding hydrogens is 324 g/mol. The number of anilines is 1. The summed E-state index contributed by atoms with van der Waals surface area (Å²) < 4.78 is 0.881. The summed E-state index contributed by atoms with van der Waals surface area (Å²) in [6, 6.07) is 3.91. The monoisotopic (exact) mass is 340 g/mol. The molecule has 0 bridgehead atoms. The number of nitrogens with two attached hydrogens (primary N) is 1. The highest BCUT2D eigenvalue weighted by molar-refractivity contribution is 7.22. The van der Waals surface area contributed by atoms with E-state index in [-0.39, 0.29) is 11.8 Å². The maximum atomic E-state index is 12.3. The standard InChI is InChI=1S/C14H17ClN4O2S/c1-7(2)5-10(17-13(16)21)12(20)19-14-18-9-4-3-8(15)6-11(9)22-14/h3-4,6-7,10H,5H2,1-2H3,(H3,16,17,21)(H,18,19,20)/t10-/m0/s1. The normalized spacial score (nSPS) is 12.4. The van der Waals surface area contributed by atoms with Gasteiger partial charge in [0.15, 0.2) is 5.13 Å². The van der Waals surface area contributed by atoms with E-state index in [2.05, 4.69) is 15.6 Å². The molecule has 4 N–H and O–H groups in total. The van der Waals surface area contributed by atoms with Crippen molar-refractivity contribution in [2.24, 2.45) is 11.7 Å². The molecule has 1 aromatic carbocycles. The quantitative estimate of drug-likeness (QED) is 0.780. The summed E-state index contributed by atoms with van der Waals surface area (Å²) in [5.74, 6) is -0.102. The molecule has 0 aliphatic rings. The van der Waals surface area contributed by atoms with Crippen molar-refractivity contribution in [2.45, 2.75) is 26.3 Å². The van der Waals surface area contributed by atoms with Crippen molar-refractivity contribution in [2.75, 3.05) is 5.32 Å². The highest BCUT2D eigenvalue weighted by Crippen LogP contribution is 2.28. The third-order valence-corrected chi connectivity index (χ3v) is 4.09. The van der Waals surface area contributed by atoms with Crippen LogP contribution in [-0.4, -0.2) is 23.0 Å². The Balaban J connectivity index is 2.14. The fraction of sp³-hybridized carbons (Fsp3) is 0.357. The molecule has 0 aliphatic carbocycles. The first-order valence-corrected chi connectivity index (χ1v) is 7.97. The number of carbonyl (C=O) groups is 2. The van der Waals surface area contributed by atoms with Gasteiger partial charge < -0.3 is 16.4 Å². The molecule has 0 unspecified atom stereocenters. The molecule has 2 aromatic rings. The van der Waals surface area contributed by atoms with E-state index < -0.39 is 12.1 Å². The number of hydrogen-bond acceptors (Lipinski definition) is 4. The summed E-state index contributed by atoms with van der Waals surface area (Å²) >= 11 is 7.25. The van der Waals surface area contributed by atoms with E-state index >= 15 is 0 Å². The van der Waals surface area contributed by atoms with Gasteiger partial charge in [-0.1, -0.05) is 36.8 Å². The number of fused-ring (bicyclic) bond motifs is 1. The molecule has 0 radical (unpaired) electrons. The van der Waals surface area contributed by atoms with Crippen LogP contribution < -0.4 is 16.4 Å². The van der Waals surface area contributed by atoms with Crippen LogP contribution in [0.1, 0.15) is 20.3 Å². The van der Waals surface area contributed by atoms with Crippen molar-refractivity contribution < 1.29 is 9.59 Å². The maximum Gasteiger partial charge on any atom is 0.312 e. The molecule has 22 heavy (non-hydrogen) atoms. The van der Waals surface area contributed by atoms with E-state index in [0.29, 0.717) is 16.6 Å². The molecule has 0 saturated carbocycles. The number of hydrogen-bond donors (Lipinski definition) is 3. The molecule has 8 heteroatoms. The second-order valence-electron chi connectivity index (χ2n) is 5.31. The second-order valence-corrected chi connectivity index (χ2v) is 6.78. The van der Waals surface area contributed by atoms with E-state index in [1.54, 1.807) is 18.2 Å². The number of primary amides is 1. The number of carbonyl (C=O) groups excluding carboxylic acids is 2. The third-order valence-electron chi connectivity index (χ3n) is 2.92. The fourth-order valence-electron chi connectivity index (χ4n) is 2.02. The van der Waals surface area contributed by atoms with Crippen molar-refractivity contribution >= 4 is 50.2 Å². The second kappa shape index (κ2) is 6.93. The first-order chi connectivity index (χ1) is 10.3. The Morgan fingerprint density at radius 2 is 2.14 bits per heavy atom. The van der Waals surface area contributed by atoms with Gasteiger partial charge in [-0.05, 0) is 30.5 Å². The molecule has 0 saturated heterocycles. The van der Waals surface area contributed by atoms with Crippen LogP contribution >= 0.6 is 22.9 Å². The van der Waals surface area contributed by atoms with Gasteiger partial charge in [0, 0.05) is 5.02 Å². The van der Waals surface area contributed by atoms with Gasteiger partial charge in [0.05, 0.1) is 10.2 Å². The van der Waals surface area contributed by atoms with Gasteiger partial charge in [-0.15, -0.1) is 0 Å². The van der Waals surface area contributed by atoms with Crippen LogP contribution in [0.15, 0.2) is 18.2 Å². The zero-order chi connectivity index (χ0) is 16.3. The molecule has 1 atom stereocenters. The predicted molar refractivity (Wildman–Crippen MR) is 89.2 cm³/mol. The first kappa shape index (κ1) is 16.5. The molecule has 118 valence electrons. The summed E-state index contributed by atoms with van der Waals surface area (Å²) in [6.45, 7) is 3.92. The molecule has 1 heterocycles. The number of halogens is 1. The molecule has 6 nitrogen and oxygen atoms in total. The van der Waals surface area contributed by atoms with Gasteiger partial charge in [0.1, 0.15) is 6.04 Å². The van der Waals surface area contributed by atoms with Gasteiger partial charge in [-0.25, -0.2) is 9.78 Å². The molecule has 3 amide bonds. The lowest BCUT2D eigenvalue weighted by Gasteiger charge is -2.18. The molecule has 0 fully saturated rings. The Bertz CT molecular complexity index is 701. The number of benzene rings is 1. The van der Waals surface area contributed by atoms with E-state index in [1.807, 2.05) is 13.8 Å². The topological polar surface area (TPSA) is 97.1 Å². The Morgan fingerprint density at radius 3 is 2.77 bits per heavy atom. The first-order valence-electron chi connectivity index (χ1n) is 6.78. The number of urea groups is 1. The average molecular weight is 341 g/mol. The average Bonchev–Trinajstić information content (AvgIpc) is 2.78. The van der Waals surface area contributed by atoms with Crippen molar-refractivity contribution in [3.63, 3.8) is 0 Å². The number of nitrogens with one attached hydrogen (secondary N) is 2. The van der Waals surface area contributed by atoms with E-state index in [4.69, 9.17) is 17.3 Å². The van der Waals surface area contributed by atoms with Crippen molar-refractivity contribution in [3.8, 4) is 0 Å². The SMILES string of the molecule is CC(C)C[C@H](NC(N)=O)C(=O)Nc1nc2ccc(Cl)cc2s1. The summed E-state index contributed by atoms with van der Waals surface area (Å²) in [7, 11) is 0. The van der Waals surface area contributed by atoms with Crippen LogP contribution in [-0.2, 0) is 4.79 Å². The van der Waals surface area contributed by atoms with E-state index in [1.165, 1.54) is 11.3 Å². The number of thiazole rings is 1. The highest BCUT2D eigenvalue weighted by atomic mass is 35.5. The van der Waals surface area contributed by atoms with Crippen molar-refractivity contribution in [1.29, 1.82) is 0 Å². The Labute approximate surface area is 137 Å².